The van der Waals surface area contributed by atoms with Gasteiger partial charge >= 0.3 is 5.97 Å². The molecular weight excluding hydrogens is 388 g/mol. The third kappa shape index (κ3) is 5.13. The van der Waals surface area contributed by atoms with Crippen molar-refractivity contribution in [3.8, 4) is 5.75 Å². The van der Waals surface area contributed by atoms with Gasteiger partial charge in [-0.3, -0.25) is 0 Å². The zero-order valence-corrected chi connectivity index (χ0v) is 17.7. The van der Waals surface area contributed by atoms with Crippen LogP contribution < -0.4 is 4.74 Å². The molecule has 0 amide bonds. The van der Waals surface area contributed by atoms with Gasteiger partial charge < -0.3 is 19.4 Å². The number of hydrogen-bond acceptors (Lipinski definition) is 4. The van der Waals surface area contributed by atoms with Crippen molar-refractivity contribution in [1.29, 1.82) is 0 Å². The van der Waals surface area contributed by atoms with Crippen molar-refractivity contribution in [2.45, 2.75) is 6.10 Å². The number of benzene rings is 3. The maximum atomic E-state index is 13.0. The van der Waals surface area contributed by atoms with Crippen molar-refractivity contribution >= 4 is 16.9 Å². The van der Waals surface area contributed by atoms with Gasteiger partial charge in [0.25, 0.3) is 0 Å². The minimum absolute atomic E-state index is 0.392. The number of nitrogens with zero attached hydrogens (tertiary/aromatic N) is 1. The van der Waals surface area contributed by atoms with Gasteiger partial charge in [-0.1, -0.05) is 60.7 Å². The van der Waals surface area contributed by atoms with Crippen LogP contribution in [0.25, 0.3) is 10.9 Å². The number of aromatic amines is 1. The summed E-state index contributed by atoms with van der Waals surface area (Å²) < 4.78 is 11.8. The predicted octanol–water partition coefficient (Wildman–Crippen LogP) is 5.05. The molecule has 3 aromatic carbocycles. The Bertz CT molecular complexity index is 1100. The molecule has 1 unspecified atom stereocenters. The fourth-order valence-corrected chi connectivity index (χ4v) is 3.40. The lowest BCUT2D eigenvalue weighted by Gasteiger charge is -2.19. The molecule has 0 saturated heterocycles. The van der Waals surface area contributed by atoms with Crippen LogP contribution in [-0.4, -0.2) is 43.1 Å². The normalized spacial score (nSPS) is 12.1. The van der Waals surface area contributed by atoms with E-state index in [1.807, 2.05) is 99.0 Å². The van der Waals surface area contributed by atoms with E-state index in [1.165, 1.54) is 0 Å². The molecule has 1 atom stereocenters. The molecule has 0 radical (unpaired) electrons. The monoisotopic (exact) mass is 414 g/mol. The largest absolute Gasteiger partial charge is 0.492 e. The summed E-state index contributed by atoms with van der Waals surface area (Å²) in [5.74, 6) is 0.399. The first-order valence-electron chi connectivity index (χ1n) is 10.3. The first kappa shape index (κ1) is 20.7. The third-order valence-electron chi connectivity index (χ3n) is 5.07. The van der Waals surface area contributed by atoms with Crippen LogP contribution in [0.2, 0.25) is 0 Å². The number of fused-ring (bicyclic) bond motifs is 1. The van der Waals surface area contributed by atoms with Crippen LogP contribution in [0.5, 0.6) is 5.75 Å². The predicted molar refractivity (Wildman–Crippen MR) is 122 cm³/mol. The molecule has 0 saturated carbocycles. The first-order chi connectivity index (χ1) is 15.1. The second kappa shape index (κ2) is 9.49. The number of likely N-dealkylation sites (N-methyl/N-ethyl adjacent to an activating group) is 1. The maximum absolute atomic E-state index is 13.0. The Morgan fingerprint density at radius 1 is 0.903 bits per heavy atom. The summed E-state index contributed by atoms with van der Waals surface area (Å²) >= 11 is 0. The molecule has 158 valence electrons. The lowest BCUT2D eigenvalue weighted by molar-refractivity contribution is 0.0372. The van der Waals surface area contributed by atoms with E-state index in [0.29, 0.717) is 12.3 Å². The Morgan fingerprint density at radius 2 is 1.58 bits per heavy atom. The van der Waals surface area contributed by atoms with Gasteiger partial charge in [-0.25, -0.2) is 4.79 Å². The van der Waals surface area contributed by atoms with Crippen molar-refractivity contribution in [3.63, 3.8) is 0 Å². The van der Waals surface area contributed by atoms with Crippen LogP contribution in [-0.2, 0) is 4.74 Å². The quantitative estimate of drug-likeness (QED) is 0.410. The van der Waals surface area contributed by atoms with Gasteiger partial charge in [0.1, 0.15) is 18.1 Å². The SMILES string of the molecule is CN(C)CCOc1ccc(C(OC(=O)c2cc3ccccc3[nH]2)c2ccccc2)cc1. The van der Waals surface area contributed by atoms with E-state index in [9.17, 15) is 4.79 Å². The molecule has 1 aromatic heterocycles. The van der Waals surface area contributed by atoms with E-state index in [-0.39, 0.29) is 0 Å². The van der Waals surface area contributed by atoms with E-state index >= 15 is 0 Å². The third-order valence-corrected chi connectivity index (χ3v) is 5.07. The fraction of sp³-hybridized carbons (Fsp3) is 0.192. The van der Waals surface area contributed by atoms with Crippen molar-refractivity contribution in [2.24, 2.45) is 0 Å². The lowest BCUT2D eigenvalue weighted by atomic mass is 10.0. The van der Waals surface area contributed by atoms with Crippen molar-refractivity contribution in [2.75, 3.05) is 27.2 Å². The molecule has 31 heavy (non-hydrogen) atoms. The van der Waals surface area contributed by atoms with Crippen LogP contribution >= 0.6 is 0 Å². The molecule has 0 spiro atoms. The maximum Gasteiger partial charge on any atom is 0.355 e. The Balaban J connectivity index is 1.55. The molecule has 0 aliphatic rings. The highest BCUT2D eigenvalue weighted by Gasteiger charge is 2.21. The van der Waals surface area contributed by atoms with Gasteiger partial charge in [0.2, 0.25) is 0 Å². The molecule has 0 fully saturated rings. The molecule has 4 rings (SSSR count). The number of esters is 1. The fourth-order valence-electron chi connectivity index (χ4n) is 3.40. The molecule has 4 aromatic rings. The van der Waals surface area contributed by atoms with Crippen LogP contribution in [0.4, 0.5) is 0 Å². The molecule has 0 aliphatic carbocycles. The molecule has 0 aliphatic heterocycles. The molecule has 5 nitrogen and oxygen atoms in total. The summed E-state index contributed by atoms with van der Waals surface area (Å²) in [6.07, 6.45) is -0.518. The summed E-state index contributed by atoms with van der Waals surface area (Å²) in [6.45, 7) is 1.46. The number of hydrogen-bond donors (Lipinski definition) is 1. The van der Waals surface area contributed by atoms with Gasteiger partial charge in [-0.15, -0.1) is 0 Å². The van der Waals surface area contributed by atoms with Gasteiger partial charge in [0, 0.05) is 17.4 Å². The summed E-state index contributed by atoms with van der Waals surface area (Å²) in [5.41, 5.74) is 3.14. The van der Waals surface area contributed by atoms with Gasteiger partial charge in [-0.2, -0.15) is 0 Å². The van der Waals surface area contributed by atoms with Crippen molar-refractivity contribution < 1.29 is 14.3 Å². The summed E-state index contributed by atoms with van der Waals surface area (Å²) in [4.78, 5) is 18.2. The van der Waals surface area contributed by atoms with Crippen LogP contribution in [0.1, 0.15) is 27.7 Å². The summed E-state index contributed by atoms with van der Waals surface area (Å²) in [7, 11) is 4.02. The highest BCUT2D eigenvalue weighted by Crippen LogP contribution is 2.29. The van der Waals surface area contributed by atoms with Gasteiger partial charge in [0.15, 0.2) is 6.10 Å². The van der Waals surface area contributed by atoms with Crippen LogP contribution in [0.3, 0.4) is 0 Å². The standard InChI is InChI=1S/C26H26N2O3/c1-28(2)16-17-30-22-14-12-20(13-15-22)25(19-8-4-3-5-9-19)31-26(29)24-18-21-10-6-7-11-23(21)27-24/h3-15,18,25,27H,16-17H2,1-2H3. The highest BCUT2D eigenvalue weighted by atomic mass is 16.5. The van der Waals surface area contributed by atoms with Crippen molar-refractivity contribution in [1.82, 2.24) is 9.88 Å². The van der Waals surface area contributed by atoms with E-state index in [1.54, 1.807) is 0 Å². The minimum Gasteiger partial charge on any atom is -0.492 e. The first-order valence-corrected chi connectivity index (χ1v) is 10.3. The van der Waals surface area contributed by atoms with Crippen LogP contribution in [0, 0.1) is 0 Å². The second-order valence-corrected chi connectivity index (χ2v) is 7.69. The smallest absolute Gasteiger partial charge is 0.355 e. The van der Waals surface area contributed by atoms with E-state index in [0.717, 1.165) is 34.3 Å². The van der Waals surface area contributed by atoms with Crippen LogP contribution in [0.15, 0.2) is 84.9 Å². The molecular formula is C26H26N2O3. The average Bonchev–Trinajstić information content (AvgIpc) is 3.23. The number of carbonyl (C=O) groups excluding carboxylic acids is 1. The molecule has 1 N–H and O–H groups in total. The zero-order valence-electron chi connectivity index (χ0n) is 17.7. The molecule has 1 heterocycles. The molecule has 0 bridgehead atoms. The zero-order chi connectivity index (χ0) is 21.6. The van der Waals surface area contributed by atoms with Gasteiger partial charge in [0.05, 0.1) is 0 Å². The number of H-pyrrole nitrogens is 1. The van der Waals surface area contributed by atoms with Crippen molar-refractivity contribution in [3.05, 3.63) is 102 Å². The van der Waals surface area contributed by atoms with E-state index < -0.39 is 12.1 Å². The second-order valence-electron chi connectivity index (χ2n) is 7.69. The Morgan fingerprint density at radius 3 is 2.29 bits per heavy atom. The number of carbonyl (C=O) groups is 1. The summed E-state index contributed by atoms with van der Waals surface area (Å²) in [6, 6.07) is 27.1. The number of para-hydroxylation sites is 1. The average molecular weight is 415 g/mol. The number of nitrogens with one attached hydrogen (secondary N) is 1. The number of rotatable bonds is 8. The number of aromatic nitrogens is 1. The lowest BCUT2D eigenvalue weighted by Crippen LogP contribution is -2.19. The Hall–Kier alpha value is -3.57. The van der Waals surface area contributed by atoms with Gasteiger partial charge in [-0.05, 0) is 49.5 Å². The van der Waals surface area contributed by atoms with E-state index in [4.69, 9.17) is 9.47 Å². The Labute approximate surface area is 182 Å². The summed E-state index contributed by atoms with van der Waals surface area (Å²) in [5, 5.41) is 0.977. The topological polar surface area (TPSA) is 54.6 Å². The molecule has 5 heteroatoms. The number of ether oxygens (including phenoxy) is 2. The minimum atomic E-state index is -0.518. The Kier molecular flexibility index (Phi) is 6.34. The highest BCUT2D eigenvalue weighted by molar-refractivity contribution is 5.95. The van der Waals surface area contributed by atoms with E-state index in [2.05, 4.69) is 9.88 Å².